The van der Waals surface area contributed by atoms with Crippen molar-refractivity contribution in [1.82, 2.24) is 4.98 Å². The lowest BCUT2D eigenvalue weighted by molar-refractivity contribution is -0.121. The molecule has 1 aliphatic rings. The lowest BCUT2D eigenvalue weighted by Crippen LogP contribution is -2.42. The Bertz CT molecular complexity index is 930. The van der Waals surface area contributed by atoms with Crippen molar-refractivity contribution in [1.29, 1.82) is 0 Å². The fourth-order valence-electron chi connectivity index (χ4n) is 2.60. The monoisotopic (exact) mass is 323 g/mol. The number of nitrogen functional groups attached to an aromatic ring is 1. The van der Waals surface area contributed by atoms with Gasteiger partial charge in [0.2, 0.25) is 5.78 Å². The molecule has 0 bridgehead atoms. The predicted molar refractivity (Wildman–Crippen MR) is 87.0 cm³/mol. The molecule has 3 aromatic rings. The quantitative estimate of drug-likeness (QED) is 0.740. The van der Waals surface area contributed by atoms with Crippen LogP contribution in [0.25, 0.3) is 11.0 Å². The van der Waals surface area contributed by atoms with Gasteiger partial charge in [0, 0.05) is 5.39 Å². The van der Waals surface area contributed by atoms with Gasteiger partial charge in [0.05, 0.1) is 6.54 Å². The minimum atomic E-state index is -0.356. The van der Waals surface area contributed by atoms with Crippen molar-refractivity contribution >= 4 is 34.3 Å². The fourth-order valence-corrected chi connectivity index (χ4v) is 2.60. The number of hydrogen-bond donors (Lipinski definition) is 1. The highest BCUT2D eigenvalue weighted by Gasteiger charge is 2.30. The summed E-state index contributed by atoms with van der Waals surface area (Å²) in [6.45, 7) is -0.336. The van der Waals surface area contributed by atoms with E-state index in [1.807, 2.05) is 18.2 Å². The largest absolute Gasteiger partial charge is 0.480 e. The maximum absolute atomic E-state index is 12.5. The molecule has 0 saturated heterocycles. The summed E-state index contributed by atoms with van der Waals surface area (Å²) in [5, 5.41) is 0.830. The summed E-state index contributed by atoms with van der Waals surface area (Å²) in [6, 6.07) is 12.2. The predicted octanol–water partition coefficient (Wildman–Crippen LogP) is 2.02. The van der Waals surface area contributed by atoms with Crippen molar-refractivity contribution in [2.45, 2.75) is 0 Å². The molecule has 120 valence electrons. The molecule has 2 N–H and O–H groups in total. The second kappa shape index (κ2) is 5.38. The van der Waals surface area contributed by atoms with E-state index in [2.05, 4.69) is 4.98 Å². The first kappa shape index (κ1) is 14.3. The highest BCUT2D eigenvalue weighted by atomic mass is 16.5. The van der Waals surface area contributed by atoms with Crippen molar-refractivity contribution in [3.05, 3.63) is 48.2 Å². The van der Waals surface area contributed by atoms with Gasteiger partial charge in [-0.05, 0) is 24.3 Å². The maximum Gasteiger partial charge on any atom is 0.266 e. The number of nitrogens with two attached hydrogens (primary N) is 1. The minimum absolute atomic E-state index is 0.147. The smallest absolute Gasteiger partial charge is 0.266 e. The molecule has 1 aliphatic heterocycles. The summed E-state index contributed by atoms with van der Waals surface area (Å²) in [7, 11) is 0. The van der Waals surface area contributed by atoms with Crippen LogP contribution in [0.4, 0.5) is 11.6 Å². The molecule has 0 atom stereocenters. The number of ketones is 1. The van der Waals surface area contributed by atoms with Crippen LogP contribution in [0.5, 0.6) is 5.75 Å². The SMILES string of the molecule is Nc1ccc2c(n1)N(CC(=O)c1cc3ccccc3o1)C(=O)CO2. The topological polar surface area (TPSA) is 98.7 Å². The normalized spacial score (nSPS) is 13.7. The highest BCUT2D eigenvalue weighted by molar-refractivity contribution is 6.07. The summed E-state index contributed by atoms with van der Waals surface area (Å²) < 4.78 is 10.9. The third kappa shape index (κ3) is 2.36. The number of furan rings is 1. The Hall–Kier alpha value is -3.35. The number of rotatable bonds is 3. The van der Waals surface area contributed by atoms with E-state index in [1.54, 1.807) is 24.3 Å². The van der Waals surface area contributed by atoms with Gasteiger partial charge in [-0.2, -0.15) is 0 Å². The van der Waals surface area contributed by atoms with Crippen LogP contribution in [-0.4, -0.2) is 29.8 Å². The number of hydrogen-bond acceptors (Lipinski definition) is 6. The average molecular weight is 323 g/mol. The van der Waals surface area contributed by atoms with Gasteiger partial charge in [0.25, 0.3) is 5.91 Å². The van der Waals surface area contributed by atoms with Crippen LogP contribution < -0.4 is 15.4 Å². The van der Waals surface area contributed by atoms with Gasteiger partial charge >= 0.3 is 0 Å². The molecular formula is C17H13N3O4. The first-order valence-electron chi connectivity index (χ1n) is 7.33. The van der Waals surface area contributed by atoms with Crippen molar-refractivity contribution in [2.75, 3.05) is 23.8 Å². The molecule has 0 aliphatic carbocycles. The van der Waals surface area contributed by atoms with E-state index >= 15 is 0 Å². The number of anilines is 2. The van der Waals surface area contributed by atoms with Gasteiger partial charge in [-0.3, -0.25) is 14.5 Å². The summed E-state index contributed by atoms with van der Waals surface area (Å²) in [5.74, 6) is 0.424. The van der Waals surface area contributed by atoms with Crippen molar-refractivity contribution in [3.63, 3.8) is 0 Å². The van der Waals surface area contributed by atoms with Crippen LogP contribution in [0.2, 0.25) is 0 Å². The molecule has 1 aromatic carbocycles. The van der Waals surface area contributed by atoms with Crippen LogP contribution in [-0.2, 0) is 4.79 Å². The first-order chi connectivity index (χ1) is 11.6. The number of nitrogens with zero attached hydrogens (tertiary/aromatic N) is 2. The summed E-state index contributed by atoms with van der Waals surface area (Å²) in [5.41, 5.74) is 6.30. The van der Waals surface area contributed by atoms with Gasteiger partial charge in [-0.1, -0.05) is 18.2 Å². The number of carbonyl (C=O) groups excluding carboxylic acids is 2. The molecule has 1 amide bonds. The third-order valence-corrected chi connectivity index (χ3v) is 3.77. The Morgan fingerprint density at radius 1 is 1.25 bits per heavy atom. The molecule has 0 spiro atoms. The van der Waals surface area contributed by atoms with Gasteiger partial charge in [0.15, 0.2) is 23.9 Å². The molecule has 4 rings (SSSR count). The van der Waals surface area contributed by atoms with Gasteiger partial charge in [-0.25, -0.2) is 4.98 Å². The second-order valence-electron chi connectivity index (χ2n) is 5.40. The number of benzene rings is 1. The van der Waals surface area contributed by atoms with E-state index in [4.69, 9.17) is 14.9 Å². The van der Waals surface area contributed by atoms with Crippen LogP contribution in [0.3, 0.4) is 0 Å². The molecule has 7 nitrogen and oxygen atoms in total. The maximum atomic E-state index is 12.5. The fraction of sp³-hybridized carbons (Fsp3) is 0.118. The molecule has 0 radical (unpaired) electrons. The summed E-state index contributed by atoms with van der Waals surface area (Å²) in [4.78, 5) is 30.1. The lowest BCUT2D eigenvalue weighted by Gasteiger charge is -2.27. The Kier molecular flexibility index (Phi) is 3.19. The average Bonchev–Trinajstić information content (AvgIpc) is 3.01. The van der Waals surface area contributed by atoms with Gasteiger partial charge in [0.1, 0.15) is 11.4 Å². The number of Topliss-reactive ketones (excluding diaryl/α,β-unsaturated/α-hetero) is 1. The minimum Gasteiger partial charge on any atom is -0.480 e. The second-order valence-corrected chi connectivity index (χ2v) is 5.40. The number of pyridine rings is 1. The van der Waals surface area contributed by atoms with E-state index in [0.717, 1.165) is 5.39 Å². The zero-order valence-corrected chi connectivity index (χ0v) is 12.6. The van der Waals surface area contributed by atoms with Crippen LogP contribution in [0.15, 0.2) is 46.9 Å². The molecule has 0 unspecified atom stereocenters. The van der Waals surface area contributed by atoms with Crippen LogP contribution in [0, 0.1) is 0 Å². The van der Waals surface area contributed by atoms with Gasteiger partial charge in [-0.15, -0.1) is 0 Å². The lowest BCUT2D eigenvalue weighted by atomic mass is 10.2. The number of fused-ring (bicyclic) bond motifs is 2. The third-order valence-electron chi connectivity index (χ3n) is 3.77. The first-order valence-corrected chi connectivity index (χ1v) is 7.33. The molecule has 2 aromatic heterocycles. The van der Waals surface area contributed by atoms with Crippen molar-refractivity contribution in [3.8, 4) is 5.75 Å². The molecular weight excluding hydrogens is 310 g/mol. The van der Waals surface area contributed by atoms with E-state index < -0.39 is 0 Å². The summed E-state index contributed by atoms with van der Waals surface area (Å²) >= 11 is 0. The van der Waals surface area contributed by atoms with E-state index in [1.165, 1.54) is 4.90 Å². The Labute approximate surface area is 136 Å². The number of amides is 1. The van der Waals surface area contributed by atoms with Crippen LogP contribution >= 0.6 is 0 Å². The summed E-state index contributed by atoms with van der Waals surface area (Å²) in [6.07, 6.45) is 0. The van der Waals surface area contributed by atoms with E-state index in [-0.39, 0.29) is 42.2 Å². The van der Waals surface area contributed by atoms with Crippen molar-refractivity contribution in [2.24, 2.45) is 0 Å². The molecule has 0 saturated carbocycles. The standard InChI is InChI=1S/C17H13N3O4/c18-15-6-5-13-17(19-15)20(16(22)9-23-13)8-11(21)14-7-10-3-1-2-4-12(10)24-14/h1-7H,8-9H2,(H2,18,19). The number of aromatic nitrogens is 1. The van der Waals surface area contributed by atoms with Crippen LogP contribution in [0.1, 0.15) is 10.6 Å². The van der Waals surface area contributed by atoms with Crippen molar-refractivity contribution < 1.29 is 18.7 Å². The number of para-hydroxylation sites is 1. The molecule has 7 heteroatoms. The zero-order chi connectivity index (χ0) is 16.7. The Morgan fingerprint density at radius 2 is 2.08 bits per heavy atom. The molecule has 24 heavy (non-hydrogen) atoms. The van der Waals surface area contributed by atoms with E-state index in [9.17, 15) is 9.59 Å². The number of carbonyl (C=O) groups is 2. The Morgan fingerprint density at radius 3 is 2.92 bits per heavy atom. The van der Waals surface area contributed by atoms with Gasteiger partial charge < -0.3 is 14.9 Å². The Balaban J connectivity index is 1.66. The molecule has 3 heterocycles. The van der Waals surface area contributed by atoms with E-state index in [0.29, 0.717) is 11.3 Å². The highest BCUT2D eigenvalue weighted by Crippen LogP contribution is 2.31. The zero-order valence-electron chi connectivity index (χ0n) is 12.6. The molecule has 0 fully saturated rings. The number of ether oxygens (including phenoxy) is 1.